The maximum atomic E-state index is 12.9. The molecule has 0 unspecified atom stereocenters. The molecule has 7 heteroatoms. The summed E-state index contributed by atoms with van der Waals surface area (Å²) in [5.74, 6) is -6.17. The topological polar surface area (TPSA) is 66.4 Å². The molecule has 19 heavy (non-hydrogen) atoms. The molecular weight excluding hydrogens is 263 g/mol. The monoisotopic (exact) mass is 275 g/mol. The highest BCUT2D eigenvalue weighted by Crippen LogP contribution is 2.13. The predicted molar refractivity (Wildman–Crippen MR) is 60.1 cm³/mol. The summed E-state index contributed by atoms with van der Waals surface area (Å²) < 4.78 is 38.4. The summed E-state index contributed by atoms with van der Waals surface area (Å²) in [5, 5.41) is 10.7. The third-order valence-corrected chi connectivity index (χ3v) is 2.35. The quantitative estimate of drug-likeness (QED) is 0.617. The van der Waals surface area contributed by atoms with E-state index in [0.717, 1.165) is 0 Å². The van der Waals surface area contributed by atoms with Gasteiger partial charge in [0.1, 0.15) is 0 Å². The van der Waals surface area contributed by atoms with E-state index >= 15 is 0 Å². The summed E-state index contributed by atoms with van der Waals surface area (Å²) in [7, 11) is 0. The highest BCUT2D eigenvalue weighted by atomic mass is 19.2. The number of hydrogen-bond acceptors (Lipinski definition) is 2. The maximum absolute atomic E-state index is 12.9. The second-order valence-corrected chi connectivity index (χ2v) is 3.86. The fourth-order valence-corrected chi connectivity index (χ4v) is 1.39. The summed E-state index contributed by atoms with van der Waals surface area (Å²) in [4.78, 5) is 21.7. The summed E-state index contributed by atoms with van der Waals surface area (Å²) in [6.45, 7) is 0.173. The van der Waals surface area contributed by atoms with Crippen LogP contribution in [0.3, 0.4) is 0 Å². The molecule has 0 atom stereocenters. The van der Waals surface area contributed by atoms with E-state index in [-0.39, 0.29) is 18.5 Å². The molecule has 1 aromatic carbocycles. The predicted octanol–water partition coefficient (Wildman–Crippen LogP) is 2.09. The third-order valence-electron chi connectivity index (χ3n) is 2.35. The van der Waals surface area contributed by atoms with Crippen molar-refractivity contribution in [3.8, 4) is 0 Å². The van der Waals surface area contributed by atoms with Crippen LogP contribution in [0.15, 0.2) is 12.1 Å². The van der Waals surface area contributed by atoms with Crippen LogP contribution >= 0.6 is 0 Å². The van der Waals surface area contributed by atoms with Gasteiger partial charge >= 0.3 is 5.97 Å². The lowest BCUT2D eigenvalue weighted by atomic mass is 10.2. The number of amides is 1. The summed E-state index contributed by atoms with van der Waals surface area (Å²) >= 11 is 0. The Hall–Kier alpha value is -2.05. The van der Waals surface area contributed by atoms with Gasteiger partial charge in [-0.2, -0.15) is 0 Å². The fraction of sp³-hybridized carbons (Fsp3) is 0.333. The molecule has 0 aliphatic rings. The second-order valence-electron chi connectivity index (χ2n) is 3.86. The Morgan fingerprint density at radius 3 is 2.21 bits per heavy atom. The SMILES string of the molecule is O=C(O)CCCCNC(=O)c1cc(F)c(F)c(F)c1. The van der Waals surface area contributed by atoms with E-state index in [4.69, 9.17) is 5.11 Å². The van der Waals surface area contributed by atoms with Gasteiger partial charge < -0.3 is 10.4 Å². The van der Waals surface area contributed by atoms with Crippen molar-refractivity contribution in [2.24, 2.45) is 0 Å². The molecule has 0 bridgehead atoms. The van der Waals surface area contributed by atoms with Crippen LogP contribution in [0, 0.1) is 17.5 Å². The van der Waals surface area contributed by atoms with E-state index in [2.05, 4.69) is 5.32 Å². The minimum absolute atomic E-state index is 0.0182. The lowest BCUT2D eigenvalue weighted by Crippen LogP contribution is -2.25. The third kappa shape index (κ3) is 4.61. The first-order valence-corrected chi connectivity index (χ1v) is 5.56. The zero-order chi connectivity index (χ0) is 14.4. The van der Waals surface area contributed by atoms with Crippen LogP contribution < -0.4 is 5.32 Å². The van der Waals surface area contributed by atoms with Gasteiger partial charge in [0.05, 0.1) is 0 Å². The van der Waals surface area contributed by atoms with Crippen molar-refractivity contribution in [1.82, 2.24) is 5.32 Å². The first-order valence-electron chi connectivity index (χ1n) is 5.56. The molecule has 0 aromatic heterocycles. The van der Waals surface area contributed by atoms with E-state index < -0.39 is 29.3 Å². The average Bonchev–Trinajstić information content (AvgIpc) is 2.34. The first-order chi connectivity index (χ1) is 8.91. The van der Waals surface area contributed by atoms with E-state index in [0.29, 0.717) is 25.0 Å². The number of nitrogens with one attached hydrogen (secondary N) is 1. The Labute approximate surface area is 107 Å². The molecule has 0 saturated heterocycles. The molecule has 0 radical (unpaired) electrons. The highest BCUT2D eigenvalue weighted by Gasteiger charge is 2.14. The molecule has 0 heterocycles. The molecule has 0 fully saturated rings. The number of halogens is 3. The van der Waals surface area contributed by atoms with Gasteiger partial charge in [-0.1, -0.05) is 0 Å². The van der Waals surface area contributed by atoms with Crippen molar-refractivity contribution in [3.63, 3.8) is 0 Å². The molecule has 0 aliphatic carbocycles. The van der Waals surface area contributed by atoms with Crippen molar-refractivity contribution < 1.29 is 27.9 Å². The van der Waals surface area contributed by atoms with E-state index in [1.54, 1.807) is 0 Å². The Morgan fingerprint density at radius 1 is 1.11 bits per heavy atom. The van der Waals surface area contributed by atoms with Gasteiger partial charge in [-0.3, -0.25) is 9.59 Å². The van der Waals surface area contributed by atoms with E-state index in [9.17, 15) is 22.8 Å². The van der Waals surface area contributed by atoms with E-state index in [1.165, 1.54) is 0 Å². The number of carboxylic acids is 1. The van der Waals surface area contributed by atoms with Crippen LogP contribution in [0.25, 0.3) is 0 Å². The fourth-order valence-electron chi connectivity index (χ4n) is 1.39. The van der Waals surface area contributed by atoms with Gasteiger partial charge in [-0.25, -0.2) is 13.2 Å². The highest BCUT2D eigenvalue weighted by molar-refractivity contribution is 5.94. The van der Waals surface area contributed by atoms with Gasteiger partial charge in [0.2, 0.25) is 0 Å². The Kier molecular flexibility index (Phi) is 5.35. The molecule has 0 aliphatic heterocycles. The van der Waals surface area contributed by atoms with Gasteiger partial charge in [0.15, 0.2) is 17.5 Å². The van der Waals surface area contributed by atoms with Crippen LogP contribution in [-0.2, 0) is 4.79 Å². The Balaban J connectivity index is 2.48. The molecule has 4 nitrogen and oxygen atoms in total. The van der Waals surface area contributed by atoms with Crippen molar-refractivity contribution in [2.45, 2.75) is 19.3 Å². The normalized spacial score (nSPS) is 10.3. The van der Waals surface area contributed by atoms with Crippen LogP contribution in [0.4, 0.5) is 13.2 Å². The number of carbonyl (C=O) groups excluding carboxylic acids is 1. The van der Waals surface area contributed by atoms with Crippen molar-refractivity contribution in [1.29, 1.82) is 0 Å². The minimum Gasteiger partial charge on any atom is -0.481 e. The van der Waals surface area contributed by atoms with Crippen LogP contribution in [-0.4, -0.2) is 23.5 Å². The summed E-state index contributed by atoms with van der Waals surface area (Å²) in [5.41, 5.74) is -0.324. The van der Waals surface area contributed by atoms with Crippen LogP contribution in [0.5, 0.6) is 0 Å². The van der Waals surface area contributed by atoms with Gasteiger partial charge in [0.25, 0.3) is 5.91 Å². The molecule has 1 amide bonds. The zero-order valence-corrected chi connectivity index (χ0v) is 9.88. The molecule has 0 saturated carbocycles. The number of carboxylic acid groups (broad SMARTS) is 1. The maximum Gasteiger partial charge on any atom is 0.303 e. The lowest BCUT2D eigenvalue weighted by molar-refractivity contribution is -0.137. The zero-order valence-electron chi connectivity index (χ0n) is 9.88. The van der Waals surface area contributed by atoms with Crippen molar-refractivity contribution in [3.05, 3.63) is 35.1 Å². The average molecular weight is 275 g/mol. The van der Waals surface area contributed by atoms with E-state index in [1.807, 2.05) is 0 Å². The molecule has 1 rings (SSSR count). The van der Waals surface area contributed by atoms with Gasteiger partial charge in [-0.15, -0.1) is 0 Å². The largest absolute Gasteiger partial charge is 0.481 e. The molecule has 1 aromatic rings. The summed E-state index contributed by atoms with van der Waals surface area (Å²) in [6, 6.07) is 1.20. The number of hydrogen-bond donors (Lipinski definition) is 2. The Morgan fingerprint density at radius 2 is 1.68 bits per heavy atom. The molecular formula is C12H12F3NO3. The lowest BCUT2D eigenvalue weighted by Gasteiger charge is -2.05. The molecule has 0 spiro atoms. The second kappa shape index (κ2) is 6.77. The number of carbonyl (C=O) groups is 2. The van der Waals surface area contributed by atoms with Gasteiger partial charge in [0, 0.05) is 18.5 Å². The summed E-state index contributed by atoms with van der Waals surface area (Å²) in [6.07, 6.45) is 0.779. The molecule has 2 N–H and O–H groups in total. The smallest absolute Gasteiger partial charge is 0.303 e. The first kappa shape index (κ1) is 15.0. The number of aliphatic carboxylic acids is 1. The number of benzene rings is 1. The number of rotatable bonds is 6. The van der Waals surface area contributed by atoms with Crippen molar-refractivity contribution >= 4 is 11.9 Å². The standard InChI is InChI=1S/C12H12F3NO3/c13-8-5-7(6-9(14)11(8)15)12(19)16-4-2-1-3-10(17)18/h5-6H,1-4H2,(H,16,19)(H,17,18). The van der Waals surface area contributed by atoms with Crippen LogP contribution in [0.1, 0.15) is 29.6 Å². The van der Waals surface area contributed by atoms with Gasteiger partial charge in [-0.05, 0) is 25.0 Å². The van der Waals surface area contributed by atoms with Crippen LogP contribution in [0.2, 0.25) is 0 Å². The van der Waals surface area contributed by atoms with Crippen molar-refractivity contribution in [2.75, 3.05) is 6.54 Å². The number of unbranched alkanes of at least 4 members (excludes halogenated alkanes) is 1. The molecule has 104 valence electrons. The minimum atomic E-state index is -1.63. The Bertz CT molecular complexity index is 468.